The summed E-state index contributed by atoms with van der Waals surface area (Å²) in [6, 6.07) is 9.74. The average molecular weight is 340 g/mol. The molecule has 0 aromatic heterocycles. The number of dihydropyridines is 1. The zero-order valence-corrected chi connectivity index (χ0v) is 14.9. The molecule has 1 aromatic rings. The Morgan fingerprint density at radius 2 is 1.96 bits per heavy atom. The van der Waals surface area contributed by atoms with Gasteiger partial charge in [-0.2, -0.15) is 5.26 Å². The molecule has 4 nitrogen and oxygen atoms in total. The summed E-state index contributed by atoms with van der Waals surface area (Å²) in [6.45, 7) is 4.17. The van der Waals surface area contributed by atoms with Gasteiger partial charge in [-0.25, -0.2) is 0 Å². The van der Waals surface area contributed by atoms with Gasteiger partial charge in [-0.3, -0.25) is 4.79 Å². The second kappa shape index (κ2) is 6.03. The molecule has 0 saturated heterocycles. The molecule has 0 saturated carbocycles. The average Bonchev–Trinajstić information content (AvgIpc) is 2.52. The number of rotatable bonds is 2. The largest absolute Gasteiger partial charge is 0.497 e. The molecule has 1 aliphatic heterocycles. The van der Waals surface area contributed by atoms with Crippen molar-refractivity contribution in [3.63, 3.8) is 0 Å². The molecule has 0 fully saturated rings. The maximum atomic E-state index is 12.8. The number of hydrogen-bond acceptors (Lipinski definition) is 5. The van der Waals surface area contributed by atoms with Gasteiger partial charge < -0.3 is 10.1 Å². The lowest BCUT2D eigenvalue weighted by molar-refractivity contribution is -0.118. The van der Waals surface area contributed by atoms with Crippen LogP contribution in [0.15, 0.2) is 46.1 Å². The number of ether oxygens (including phenoxy) is 1. The van der Waals surface area contributed by atoms with Crippen molar-refractivity contribution in [2.24, 2.45) is 5.41 Å². The number of thiol groups is 1. The molecular weight excluding hydrogens is 320 g/mol. The number of hydrogen-bond donors (Lipinski definition) is 2. The van der Waals surface area contributed by atoms with Crippen molar-refractivity contribution in [3.05, 3.63) is 51.7 Å². The summed E-state index contributed by atoms with van der Waals surface area (Å²) in [5.41, 5.74) is 2.89. The Morgan fingerprint density at radius 3 is 2.54 bits per heavy atom. The maximum Gasteiger partial charge on any atom is 0.162 e. The van der Waals surface area contributed by atoms with Crippen LogP contribution in [0.2, 0.25) is 0 Å². The SMILES string of the molecule is COc1ccc([C@@H]2C(C#N)=C(S)NC3=C2C(=O)CC(C)(C)C3)cc1. The van der Waals surface area contributed by atoms with Gasteiger partial charge >= 0.3 is 0 Å². The third-order valence-corrected chi connectivity index (χ3v) is 4.94. The molecule has 1 N–H and O–H groups in total. The molecule has 1 aromatic carbocycles. The quantitative estimate of drug-likeness (QED) is 0.806. The van der Waals surface area contributed by atoms with E-state index in [-0.39, 0.29) is 17.1 Å². The second-order valence-corrected chi connectivity index (χ2v) is 7.49. The minimum absolute atomic E-state index is 0.0917. The van der Waals surface area contributed by atoms with Gasteiger partial charge in [0.25, 0.3) is 0 Å². The van der Waals surface area contributed by atoms with Crippen molar-refractivity contribution < 1.29 is 9.53 Å². The van der Waals surface area contributed by atoms with Crippen LogP contribution in [0, 0.1) is 16.7 Å². The van der Waals surface area contributed by atoms with Crippen LogP contribution in [0.3, 0.4) is 0 Å². The zero-order valence-electron chi connectivity index (χ0n) is 14.0. The fourth-order valence-corrected chi connectivity index (χ4v) is 3.83. The highest BCUT2D eigenvalue weighted by molar-refractivity contribution is 7.84. The topological polar surface area (TPSA) is 62.1 Å². The van der Waals surface area contributed by atoms with Crippen molar-refractivity contribution >= 4 is 18.4 Å². The Hall–Kier alpha value is -2.19. The highest BCUT2D eigenvalue weighted by Gasteiger charge is 2.41. The molecule has 2 aliphatic rings. The Balaban J connectivity index is 2.14. The second-order valence-electron chi connectivity index (χ2n) is 7.04. The highest BCUT2D eigenvalue weighted by atomic mass is 32.1. The summed E-state index contributed by atoms with van der Waals surface area (Å²) in [6.07, 6.45) is 1.25. The normalized spacial score (nSPS) is 22.6. The molecule has 1 heterocycles. The molecule has 0 radical (unpaired) electrons. The van der Waals surface area contributed by atoms with Crippen LogP contribution in [-0.2, 0) is 4.79 Å². The van der Waals surface area contributed by atoms with E-state index in [0.29, 0.717) is 22.6 Å². The summed E-state index contributed by atoms with van der Waals surface area (Å²) >= 11 is 4.46. The summed E-state index contributed by atoms with van der Waals surface area (Å²) < 4.78 is 5.20. The van der Waals surface area contributed by atoms with E-state index in [0.717, 1.165) is 23.4 Å². The van der Waals surface area contributed by atoms with E-state index in [1.165, 1.54) is 0 Å². The first kappa shape index (κ1) is 16.7. The number of ketones is 1. The molecular formula is C19H20N2O2S. The van der Waals surface area contributed by atoms with Gasteiger partial charge in [-0.15, -0.1) is 12.6 Å². The Kier molecular flexibility index (Phi) is 4.18. The van der Waals surface area contributed by atoms with Crippen LogP contribution in [0.5, 0.6) is 5.75 Å². The number of nitrogens with zero attached hydrogens (tertiary/aromatic N) is 1. The monoisotopic (exact) mass is 340 g/mol. The Bertz CT molecular complexity index is 798. The number of methoxy groups -OCH3 is 1. The fourth-order valence-electron chi connectivity index (χ4n) is 3.52. The Labute approximate surface area is 147 Å². The predicted octanol–water partition coefficient (Wildman–Crippen LogP) is 3.69. The van der Waals surface area contributed by atoms with E-state index in [2.05, 4.69) is 37.9 Å². The number of benzene rings is 1. The van der Waals surface area contributed by atoms with E-state index in [9.17, 15) is 10.1 Å². The lowest BCUT2D eigenvalue weighted by Gasteiger charge is -2.38. The Morgan fingerprint density at radius 1 is 1.29 bits per heavy atom. The minimum atomic E-state index is -0.367. The van der Waals surface area contributed by atoms with Crippen LogP contribution < -0.4 is 10.1 Å². The van der Waals surface area contributed by atoms with Gasteiger partial charge in [0.2, 0.25) is 0 Å². The van der Waals surface area contributed by atoms with Gasteiger partial charge in [0.15, 0.2) is 5.78 Å². The fraction of sp³-hybridized carbons (Fsp3) is 0.368. The molecule has 24 heavy (non-hydrogen) atoms. The number of carbonyl (C=O) groups is 1. The third kappa shape index (κ3) is 2.83. The number of Topliss-reactive ketones (excluding diaryl/α,β-unsaturated/α-hetero) is 1. The van der Waals surface area contributed by atoms with Crippen molar-refractivity contribution in [2.45, 2.75) is 32.6 Å². The zero-order chi connectivity index (χ0) is 17.5. The molecule has 0 spiro atoms. The molecule has 3 rings (SSSR count). The number of nitrogens with one attached hydrogen (secondary N) is 1. The minimum Gasteiger partial charge on any atom is -0.497 e. The predicted molar refractivity (Wildman–Crippen MR) is 95.5 cm³/mol. The molecule has 0 bridgehead atoms. The molecule has 5 heteroatoms. The summed E-state index contributed by atoms with van der Waals surface area (Å²) in [4.78, 5) is 12.8. The number of allylic oxidation sites excluding steroid dienone is 3. The molecule has 1 aliphatic carbocycles. The highest BCUT2D eigenvalue weighted by Crippen LogP contribution is 2.46. The van der Waals surface area contributed by atoms with E-state index in [4.69, 9.17) is 4.74 Å². The van der Waals surface area contributed by atoms with Crippen LogP contribution in [-0.4, -0.2) is 12.9 Å². The van der Waals surface area contributed by atoms with Crippen LogP contribution in [0.1, 0.15) is 38.2 Å². The van der Waals surface area contributed by atoms with Crippen molar-refractivity contribution in [2.75, 3.05) is 7.11 Å². The van der Waals surface area contributed by atoms with E-state index in [1.807, 2.05) is 24.3 Å². The summed E-state index contributed by atoms with van der Waals surface area (Å²) in [5, 5.41) is 13.3. The number of nitriles is 1. The smallest absolute Gasteiger partial charge is 0.162 e. The van der Waals surface area contributed by atoms with Crippen molar-refractivity contribution in [1.29, 1.82) is 5.26 Å². The third-order valence-electron chi connectivity index (χ3n) is 4.59. The summed E-state index contributed by atoms with van der Waals surface area (Å²) in [5.74, 6) is 0.475. The van der Waals surface area contributed by atoms with Gasteiger partial charge in [-0.1, -0.05) is 26.0 Å². The van der Waals surface area contributed by atoms with Gasteiger partial charge in [0, 0.05) is 17.7 Å². The molecule has 1 atom stereocenters. The van der Waals surface area contributed by atoms with Crippen molar-refractivity contribution in [3.8, 4) is 11.8 Å². The van der Waals surface area contributed by atoms with Crippen molar-refractivity contribution in [1.82, 2.24) is 5.32 Å². The van der Waals surface area contributed by atoms with E-state index >= 15 is 0 Å². The van der Waals surface area contributed by atoms with Crippen LogP contribution in [0.4, 0.5) is 0 Å². The van der Waals surface area contributed by atoms with Gasteiger partial charge in [0.1, 0.15) is 5.75 Å². The van der Waals surface area contributed by atoms with Crippen LogP contribution >= 0.6 is 12.6 Å². The first-order valence-electron chi connectivity index (χ1n) is 7.87. The van der Waals surface area contributed by atoms with Gasteiger partial charge in [-0.05, 0) is 29.5 Å². The molecule has 124 valence electrons. The molecule has 0 amide bonds. The molecule has 0 unspecified atom stereocenters. The first-order valence-corrected chi connectivity index (χ1v) is 8.31. The number of carbonyl (C=O) groups excluding carboxylic acids is 1. The van der Waals surface area contributed by atoms with Gasteiger partial charge in [0.05, 0.1) is 29.7 Å². The lowest BCUT2D eigenvalue weighted by atomic mass is 9.69. The van der Waals surface area contributed by atoms with E-state index in [1.54, 1.807) is 7.11 Å². The van der Waals surface area contributed by atoms with E-state index < -0.39 is 0 Å². The lowest BCUT2D eigenvalue weighted by Crippen LogP contribution is -2.36. The maximum absolute atomic E-state index is 12.8. The standard InChI is InChI=1S/C19H20N2O2S/c1-19(2)8-14-17(15(22)9-19)16(13(10-20)18(24)21-14)11-4-6-12(23-3)7-5-11/h4-7,16,21,24H,8-9H2,1-3H3/t16-/m1/s1. The first-order chi connectivity index (χ1) is 11.4. The summed E-state index contributed by atoms with van der Waals surface area (Å²) in [7, 11) is 1.61. The van der Waals surface area contributed by atoms with Crippen LogP contribution in [0.25, 0.3) is 0 Å².